The molecule has 24 heavy (non-hydrogen) atoms. The van der Waals surface area contributed by atoms with Crippen LogP contribution in [0.3, 0.4) is 0 Å². The Labute approximate surface area is 142 Å². The van der Waals surface area contributed by atoms with Crippen molar-refractivity contribution in [1.82, 2.24) is 4.57 Å². The molecular weight excluding hydrogens is 298 g/mol. The number of aromatic nitrogens is 1. The smallest absolute Gasteiger partial charge is 0.196 e. The average Bonchev–Trinajstić information content (AvgIpc) is 3.07. The Kier molecular flexibility index (Phi) is 3.87. The summed E-state index contributed by atoms with van der Waals surface area (Å²) in [6.07, 6.45) is 7.13. The zero-order valence-electron chi connectivity index (χ0n) is 14.2. The van der Waals surface area contributed by atoms with Gasteiger partial charge in [0, 0.05) is 29.8 Å². The molecule has 0 spiro atoms. The number of nitrogens with zero attached hydrogens (tertiary/aromatic N) is 1. The largest absolute Gasteiger partial charge is 0.343 e. The molecule has 3 nitrogen and oxygen atoms in total. The Morgan fingerprint density at radius 3 is 2.54 bits per heavy atom. The number of benzene rings is 1. The van der Waals surface area contributed by atoms with Gasteiger partial charge in [0.1, 0.15) is 0 Å². The van der Waals surface area contributed by atoms with E-state index in [2.05, 4.69) is 11.5 Å². The second-order valence-electron chi connectivity index (χ2n) is 6.91. The summed E-state index contributed by atoms with van der Waals surface area (Å²) < 4.78 is 2.29. The minimum absolute atomic E-state index is 0.0411. The summed E-state index contributed by atoms with van der Waals surface area (Å²) in [6, 6.07) is 7.80. The van der Waals surface area contributed by atoms with Crippen LogP contribution in [0.4, 0.5) is 0 Å². The molecule has 0 radical (unpaired) electrons. The van der Waals surface area contributed by atoms with Crippen LogP contribution in [0.25, 0.3) is 11.3 Å². The van der Waals surface area contributed by atoms with E-state index in [9.17, 15) is 9.59 Å². The van der Waals surface area contributed by atoms with E-state index >= 15 is 0 Å². The van der Waals surface area contributed by atoms with Crippen molar-refractivity contribution in [3.8, 4) is 11.3 Å². The summed E-state index contributed by atoms with van der Waals surface area (Å²) in [7, 11) is 0. The molecule has 0 atom stereocenters. The lowest BCUT2D eigenvalue weighted by Crippen LogP contribution is -2.16. The SMILES string of the molecule is CCCCCCn1c2c(c3c1-c1ccccc1C3=O)C(=O)CCC2. The molecule has 0 fully saturated rings. The van der Waals surface area contributed by atoms with Crippen LogP contribution in [-0.2, 0) is 13.0 Å². The molecule has 0 saturated carbocycles. The van der Waals surface area contributed by atoms with Crippen LogP contribution < -0.4 is 0 Å². The van der Waals surface area contributed by atoms with E-state index in [0.717, 1.165) is 53.9 Å². The third-order valence-electron chi connectivity index (χ3n) is 5.36. The highest BCUT2D eigenvalue weighted by atomic mass is 16.1. The van der Waals surface area contributed by atoms with Crippen LogP contribution in [0.15, 0.2) is 24.3 Å². The molecule has 3 heteroatoms. The molecule has 2 aliphatic rings. The quantitative estimate of drug-likeness (QED) is 0.633. The lowest BCUT2D eigenvalue weighted by Gasteiger charge is -2.17. The van der Waals surface area contributed by atoms with E-state index in [0.29, 0.717) is 12.0 Å². The van der Waals surface area contributed by atoms with Crippen molar-refractivity contribution in [2.75, 3.05) is 0 Å². The number of fused-ring (bicyclic) bond motifs is 5. The van der Waals surface area contributed by atoms with Crippen LogP contribution in [-0.4, -0.2) is 16.1 Å². The molecule has 124 valence electrons. The molecular formula is C21H23NO2. The summed E-state index contributed by atoms with van der Waals surface area (Å²) in [5, 5.41) is 0. The molecule has 0 unspecified atom stereocenters. The monoisotopic (exact) mass is 321 g/mol. The van der Waals surface area contributed by atoms with E-state index in [1.54, 1.807) is 0 Å². The normalized spacial score (nSPS) is 15.4. The number of Topliss-reactive ketones (excluding diaryl/α,β-unsaturated/α-hetero) is 1. The Morgan fingerprint density at radius 2 is 1.75 bits per heavy atom. The van der Waals surface area contributed by atoms with Gasteiger partial charge in [-0.15, -0.1) is 0 Å². The van der Waals surface area contributed by atoms with Gasteiger partial charge in [0.15, 0.2) is 11.6 Å². The third-order valence-corrected chi connectivity index (χ3v) is 5.36. The van der Waals surface area contributed by atoms with Crippen molar-refractivity contribution in [2.24, 2.45) is 0 Å². The van der Waals surface area contributed by atoms with Gasteiger partial charge >= 0.3 is 0 Å². The summed E-state index contributed by atoms with van der Waals surface area (Å²) in [5.74, 6) is 0.195. The lowest BCUT2D eigenvalue weighted by atomic mass is 9.92. The van der Waals surface area contributed by atoms with Gasteiger partial charge in [-0.1, -0.05) is 50.5 Å². The number of rotatable bonds is 5. The molecule has 1 aromatic carbocycles. The summed E-state index contributed by atoms with van der Waals surface area (Å²) >= 11 is 0. The van der Waals surface area contributed by atoms with E-state index in [1.165, 1.54) is 19.3 Å². The van der Waals surface area contributed by atoms with E-state index in [4.69, 9.17) is 0 Å². The zero-order chi connectivity index (χ0) is 16.7. The average molecular weight is 321 g/mol. The van der Waals surface area contributed by atoms with Crippen LogP contribution >= 0.6 is 0 Å². The number of unbranched alkanes of at least 4 members (excludes halogenated alkanes) is 3. The number of ketones is 2. The molecule has 1 heterocycles. The number of hydrogen-bond donors (Lipinski definition) is 0. The molecule has 1 aromatic heterocycles. The molecule has 2 aliphatic carbocycles. The molecule has 2 aromatic rings. The molecule has 4 rings (SSSR count). The molecule has 0 amide bonds. The van der Waals surface area contributed by atoms with Crippen LogP contribution in [0.1, 0.15) is 77.4 Å². The topological polar surface area (TPSA) is 39.1 Å². The minimum atomic E-state index is 0.0411. The first-order valence-corrected chi connectivity index (χ1v) is 9.16. The van der Waals surface area contributed by atoms with E-state index < -0.39 is 0 Å². The van der Waals surface area contributed by atoms with Crippen molar-refractivity contribution in [2.45, 2.75) is 58.4 Å². The molecule has 0 N–H and O–H groups in total. The van der Waals surface area contributed by atoms with Gasteiger partial charge in [-0.25, -0.2) is 0 Å². The fraction of sp³-hybridized carbons (Fsp3) is 0.429. The highest BCUT2D eigenvalue weighted by Crippen LogP contribution is 2.43. The maximum absolute atomic E-state index is 12.9. The van der Waals surface area contributed by atoms with Gasteiger partial charge in [-0.2, -0.15) is 0 Å². The zero-order valence-corrected chi connectivity index (χ0v) is 14.2. The molecule has 0 bridgehead atoms. The van der Waals surface area contributed by atoms with Crippen LogP contribution in [0, 0.1) is 0 Å². The second kappa shape index (κ2) is 6.04. The maximum Gasteiger partial charge on any atom is 0.196 e. The van der Waals surface area contributed by atoms with Crippen molar-refractivity contribution >= 4 is 11.6 Å². The molecule has 0 saturated heterocycles. The highest BCUT2D eigenvalue weighted by molar-refractivity contribution is 6.26. The number of carbonyl (C=O) groups is 2. The Morgan fingerprint density at radius 1 is 0.958 bits per heavy atom. The first-order valence-electron chi connectivity index (χ1n) is 9.16. The summed E-state index contributed by atoms with van der Waals surface area (Å²) in [6.45, 7) is 3.12. The van der Waals surface area contributed by atoms with Gasteiger partial charge in [0.05, 0.1) is 16.8 Å². The fourth-order valence-corrected chi connectivity index (χ4v) is 4.24. The van der Waals surface area contributed by atoms with Crippen molar-refractivity contribution in [1.29, 1.82) is 0 Å². The Bertz CT molecular complexity index is 829. The minimum Gasteiger partial charge on any atom is -0.343 e. The van der Waals surface area contributed by atoms with E-state index in [1.807, 2.05) is 24.3 Å². The second-order valence-corrected chi connectivity index (χ2v) is 6.91. The van der Waals surface area contributed by atoms with Gasteiger partial charge in [0.2, 0.25) is 0 Å². The number of hydrogen-bond acceptors (Lipinski definition) is 2. The fourth-order valence-electron chi connectivity index (χ4n) is 4.24. The first-order chi connectivity index (χ1) is 11.7. The van der Waals surface area contributed by atoms with Crippen molar-refractivity contribution in [3.05, 3.63) is 46.6 Å². The standard InChI is InChI=1S/C21H23NO2/c1-2-3-4-7-13-22-16-11-8-12-17(23)18(16)19-20(22)14-9-5-6-10-15(14)21(19)24/h5-6,9-10H,2-4,7-8,11-13H2,1H3. The number of carbonyl (C=O) groups excluding carboxylic acids is 2. The van der Waals surface area contributed by atoms with Gasteiger partial charge < -0.3 is 4.57 Å². The lowest BCUT2D eigenvalue weighted by molar-refractivity contribution is 0.0959. The Hall–Kier alpha value is -2.16. The Balaban J connectivity index is 1.85. The van der Waals surface area contributed by atoms with Crippen LogP contribution in [0.5, 0.6) is 0 Å². The predicted molar refractivity (Wildman–Crippen MR) is 94.7 cm³/mol. The van der Waals surface area contributed by atoms with Crippen molar-refractivity contribution < 1.29 is 9.59 Å². The van der Waals surface area contributed by atoms with Crippen LogP contribution in [0.2, 0.25) is 0 Å². The predicted octanol–water partition coefficient (Wildman–Crippen LogP) is 4.80. The van der Waals surface area contributed by atoms with Crippen molar-refractivity contribution in [3.63, 3.8) is 0 Å². The highest BCUT2D eigenvalue weighted by Gasteiger charge is 2.38. The van der Waals surface area contributed by atoms with E-state index in [-0.39, 0.29) is 11.6 Å². The maximum atomic E-state index is 12.9. The summed E-state index contributed by atoms with van der Waals surface area (Å²) in [5.41, 5.74) is 5.29. The molecule has 0 aliphatic heterocycles. The van der Waals surface area contributed by atoms with Gasteiger partial charge in [-0.05, 0) is 19.3 Å². The third kappa shape index (κ3) is 2.18. The first kappa shape index (κ1) is 15.4. The summed E-state index contributed by atoms with van der Waals surface area (Å²) in [4.78, 5) is 25.5. The van der Waals surface area contributed by atoms with Gasteiger partial charge in [-0.3, -0.25) is 9.59 Å². The van der Waals surface area contributed by atoms with Gasteiger partial charge in [0.25, 0.3) is 0 Å².